The van der Waals surface area contributed by atoms with Crippen molar-refractivity contribution in [2.75, 3.05) is 4.67 Å². The van der Waals surface area contributed by atoms with Gasteiger partial charge in [-0.3, -0.25) is 9.24 Å². The molecule has 2 aliphatic heterocycles. The Kier molecular flexibility index (Phi) is 3.96. The number of fused-ring (bicyclic) bond motifs is 8. The first-order valence-corrected chi connectivity index (χ1v) is 11.1. The van der Waals surface area contributed by atoms with E-state index in [0.717, 1.165) is 45.1 Å². The number of hydrogen-bond donors (Lipinski definition) is 0. The van der Waals surface area contributed by atoms with Crippen molar-refractivity contribution in [3.8, 4) is 11.1 Å². The molecule has 2 nitrogen and oxygen atoms in total. The Balaban J connectivity index is 1.94. The quantitative estimate of drug-likeness (QED) is 0.474. The molecule has 2 heterocycles. The van der Waals surface area contributed by atoms with E-state index < -0.39 is 7.29 Å². The van der Waals surface area contributed by atoms with Gasteiger partial charge in [0.25, 0.3) is 0 Å². The highest BCUT2D eigenvalue weighted by atomic mass is 31.2. The van der Waals surface area contributed by atoms with Crippen LogP contribution in [0.4, 0.5) is 5.69 Å². The van der Waals surface area contributed by atoms with Crippen LogP contribution in [0.25, 0.3) is 11.1 Å². The second-order valence-corrected chi connectivity index (χ2v) is 9.55. The highest BCUT2D eigenvalue weighted by Gasteiger charge is 2.43. The minimum absolute atomic E-state index is 0.728. The molecule has 1 atom stereocenters. The second-order valence-electron chi connectivity index (χ2n) is 7.03. The van der Waals surface area contributed by atoms with Crippen LogP contribution in [0, 0.1) is 0 Å². The number of rotatable bonds is 0. The van der Waals surface area contributed by atoms with Gasteiger partial charge in [-0.2, -0.15) is 0 Å². The summed E-state index contributed by atoms with van der Waals surface area (Å²) in [4.78, 5) is 0. The van der Waals surface area contributed by atoms with E-state index in [2.05, 4.69) is 30.9 Å². The van der Waals surface area contributed by atoms with E-state index in [1.54, 1.807) is 0 Å². The summed E-state index contributed by atoms with van der Waals surface area (Å²) in [7, 11) is -3.16. The summed E-state index contributed by atoms with van der Waals surface area (Å²) in [5, 5.41) is 1.76. The number of para-hydroxylation sites is 1. The third-order valence-electron chi connectivity index (χ3n) is 5.40. The SMILES string of the molecule is C=C1/C=C\C=C/Cc2ccccc2[P@]2(=O)c3ccccc3-c3ccccc3N12. The van der Waals surface area contributed by atoms with Gasteiger partial charge < -0.3 is 0 Å². The highest BCUT2D eigenvalue weighted by Crippen LogP contribution is 2.59. The van der Waals surface area contributed by atoms with E-state index in [0.29, 0.717) is 0 Å². The van der Waals surface area contributed by atoms with E-state index in [9.17, 15) is 0 Å². The Bertz CT molecular complexity index is 1200. The summed E-state index contributed by atoms with van der Waals surface area (Å²) in [5.41, 5.74) is 4.88. The van der Waals surface area contributed by atoms with Gasteiger partial charge in [-0.15, -0.1) is 0 Å². The number of nitrogens with zero attached hydrogens (tertiary/aromatic N) is 1. The summed E-state index contributed by atoms with van der Waals surface area (Å²) >= 11 is 0. The molecule has 0 bridgehead atoms. The van der Waals surface area contributed by atoms with Crippen molar-refractivity contribution < 1.29 is 4.57 Å². The van der Waals surface area contributed by atoms with Gasteiger partial charge in [-0.1, -0.05) is 79.4 Å². The molecule has 0 radical (unpaired) electrons. The van der Waals surface area contributed by atoms with E-state index in [1.165, 1.54) is 0 Å². The Hall–Kier alpha value is -3.09. The molecule has 0 saturated carbocycles. The zero-order valence-electron chi connectivity index (χ0n) is 15.5. The van der Waals surface area contributed by atoms with Crippen LogP contribution in [0.2, 0.25) is 0 Å². The monoisotopic (exact) mass is 381 g/mol. The van der Waals surface area contributed by atoms with Gasteiger partial charge in [0.2, 0.25) is 7.29 Å². The molecule has 0 N–H and O–H groups in total. The van der Waals surface area contributed by atoms with Crippen LogP contribution in [0.5, 0.6) is 0 Å². The predicted octanol–water partition coefficient (Wildman–Crippen LogP) is 5.58. The number of benzene rings is 3. The van der Waals surface area contributed by atoms with E-state index in [4.69, 9.17) is 0 Å². The maximum Gasteiger partial charge on any atom is 0.234 e. The fraction of sp³-hybridized carbons (Fsp3) is 0.0400. The van der Waals surface area contributed by atoms with Crippen molar-refractivity contribution in [3.05, 3.63) is 115 Å². The zero-order valence-corrected chi connectivity index (χ0v) is 16.3. The van der Waals surface area contributed by atoms with Crippen LogP contribution in [-0.2, 0) is 11.0 Å². The average molecular weight is 381 g/mol. The van der Waals surface area contributed by atoms with Gasteiger partial charge in [0.1, 0.15) is 0 Å². The molecule has 0 aromatic heterocycles. The molecule has 3 aromatic rings. The van der Waals surface area contributed by atoms with Crippen LogP contribution in [0.15, 0.2) is 109 Å². The van der Waals surface area contributed by atoms with Crippen LogP contribution < -0.4 is 15.3 Å². The molecular formula is C25H20NOP. The Morgan fingerprint density at radius 2 is 1.46 bits per heavy atom. The normalized spacial score (nSPS) is 22.3. The van der Waals surface area contributed by atoms with E-state index in [-0.39, 0.29) is 0 Å². The molecular weight excluding hydrogens is 361 g/mol. The molecule has 3 aromatic carbocycles. The summed E-state index contributed by atoms with van der Waals surface area (Å²) < 4.78 is 17.0. The van der Waals surface area contributed by atoms with Gasteiger partial charge in [-0.05, 0) is 41.8 Å². The van der Waals surface area contributed by atoms with Crippen LogP contribution >= 0.6 is 7.29 Å². The first kappa shape index (κ1) is 17.0. The lowest BCUT2D eigenvalue weighted by molar-refractivity contribution is 0.586. The zero-order chi connectivity index (χ0) is 19.1. The number of hydrogen-bond acceptors (Lipinski definition) is 1. The Morgan fingerprint density at radius 3 is 2.32 bits per heavy atom. The minimum atomic E-state index is -3.16. The highest BCUT2D eigenvalue weighted by molar-refractivity contribution is 7.80. The van der Waals surface area contributed by atoms with Crippen molar-refractivity contribution in [3.63, 3.8) is 0 Å². The van der Waals surface area contributed by atoms with Gasteiger partial charge >= 0.3 is 0 Å². The molecule has 0 unspecified atom stereocenters. The summed E-state index contributed by atoms with van der Waals surface area (Å²) in [6.07, 6.45) is 8.80. The topological polar surface area (TPSA) is 20.3 Å². The molecule has 28 heavy (non-hydrogen) atoms. The maximum absolute atomic E-state index is 15.1. The molecule has 0 aliphatic carbocycles. The first-order valence-electron chi connectivity index (χ1n) is 9.41. The van der Waals surface area contributed by atoms with Crippen LogP contribution in [0.3, 0.4) is 0 Å². The lowest BCUT2D eigenvalue weighted by atomic mass is 10.0. The first-order chi connectivity index (χ1) is 13.7. The fourth-order valence-corrected chi connectivity index (χ4v) is 7.42. The van der Waals surface area contributed by atoms with Gasteiger partial charge in [0, 0.05) is 21.9 Å². The molecule has 0 spiro atoms. The fourth-order valence-electron chi connectivity index (χ4n) is 4.17. The number of allylic oxidation sites excluding steroid dienone is 4. The third kappa shape index (κ3) is 2.38. The lowest BCUT2D eigenvalue weighted by Gasteiger charge is -2.41. The smallest absolute Gasteiger partial charge is 0.234 e. The molecule has 2 aliphatic rings. The molecule has 3 heteroatoms. The molecule has 136 valence electrons. The molecule has 5 rings (SSSR count). The van der Waals surface area contributed by atoms with Gasteiger partial charge in [0.05, 0.1) is 5.69 Å². The summed E-state index contributed by atoms with van der Waals surface area (Å²) in [6, 6.07) is 24.3. The Morgan fingerprint density at radius 1 is 0.786 bits per heavy atom. The van der Waals surface area contributed by atoms with Crippen LogP contribution in [0.1, 0.15) is 5.56 Å². The van der Waals surface area contributed by atoms with Crippen molar-refractivity contribution in [2.45, 2.75) is 6.42 Å². The summed E-state index contributed by atoms with van der Waals surface area (Å²) in [6.45, 7) is 4.30. The summed E-state index contributed by atoms with van der Waals surface area (Å²) in [5.74, 6) is 0. The Labute approximate surface area is 165 Å². The third-order valence-corrected chi connectivity index (χ3v) is 8.57. The van der Waals surface area contributed by atoms with E-state index >= 15 is 4.57 Å². The van der Waals surface area contributed by atoms with Crippen molar-refractivity contribution >= 4 is 23.6 Å². The largest absolute Gasteiger partial charge is 0.289 e. The number of anilines is 1. The predicted molar refractivity (Wildman–Crippen MR) is 119 cm³/mol. The maximum atomic E-state index is 15.1. The van der Waals surface area contributed by atoms with E-state index in [1.807, 2.05) is 77.5 Å². The van der Waals surface area contributed by atoms with Crippen molar-refractivity contribution in [2.24, 2.45) is 0 Å². The minimum Gasteiger partial charge on any atom is -0.289 e. The van der Waals surface area contributed by atoms with Crippen molar-refractivity contribution in [1.82, 2.24) is 0 Å². The average Bonchev–Trinajstić information content (AvgIpc) is 2.74. The standard InChI is InChI=1S/C25H20NOP/c1-19-11-3-2-4-12-20-13-5-9-17-24(20)28(27)25-18-10-7-15-22(25)21-14-6-8-16-23(21)26(19)28/h2-11,13-18H,1,12H2/b4-2-,11-3-/t28-/m0/s1. The van der Waals surface area contributed by atoms with Gasteiger partial charge in [-0.25, -0.2) is 0 Å². The molecule has 0 amide bonds. The lowest BCUT2D eigenvalue weighted by Crippen LogP contribution is -2.36. The molecule has 0 saturated heterocycles. The van der Waals surface area contributed by atoms with Gasteiger partial charge in [0.15, 0.2) is 0 Å². The molecule has 0 fully saturated rings. The van der Waals surface area contributed by atoms with Crippen LogP contribution in [-0.4, -0.2) is 0 Å². The van der Waals surface area contributed by atoms with Crippen molar-refractivity contribution in [1.29, 1.82) is 0 Å². The second kappa shape index (κ2) is 6.51.